The smallest absolute Gasteiger partial charge is 0.306 e. The van der Waals surface area contributed by atoms with Crippen molar-refractivity contribution in [1.82, 2.24) is 0 Å². The van der Waals surface area contributed by atoms with Crippen LogP contribution >= 0.6 is 0 Å². The van der Waals surface area contributed by atoms with Crippen LogP contribution in [0, 0.1) is 0 Å². The summed E-state index contributed by atoms with van der Waals surface area (Å²) in [4.78, 5) is 38.4. The molecule has 79 heavy (non-hydrogen) atoms. The normalized spacial score (nSPS) is 12.5. The third-order valence-electron chi connectivity index (χ3n) is 15.2. The maximum Gasteiger partial charge on any atom is 0.306 e. The molecule has 0 saturated heterocycles. The first kappa shape index (κ1) is 75.8. The van der Waals surface area contributed by atoms with E-state index in [0.717, 1.165) is 96.3 Å². The molecule has 0 rings (SSSR count). The van der Waals surface area contributed by atoms with Crippen LogP contribution in [0.15, 0.2) is 72.9 Å². The molecule has 0 aliphatic rings. The zero-order chi connectivity index (χ0) is 57.1. The zero-order valence-corrected chi connectivity index (χ0v) is 52.6. The molecule has 458 valence electrons. The van der Waals surface area contributed by atoms with Gasteiger partial charge >= 0.3 is 17.9 Å². The Labute approximate surface area is 491 Å². The minimum atomic E-state index is -0.779. The van der Waals surface area contributed by atoms with Crippen LogP contribution in [0.25, 0.3) is 0 Å². The first-order valence-electron chi connectivity index (χ1n) is 34.4. The van der Waals surface area contributed by atoms with Crippen molar-refractivity contribution < 1.29 is 28.6 Å². The van der Waals surface area contributed by atoms with Gasteiger partial charge in [0.15, 0.2) is 6.10 Å². The summed E-state index contributed by atoms with van der Waals surface area (Å²) in [5.74, 6) is -0.861. The fourth-order valence-electron chi connectivity index (χ4n) is 10.1. The number of carbonyl (C=O) groups excluding carboxylic acids is 3. The number of allylic oxidation sites excluding steroid dienone is 12. The number of ether oxygens (including phenoxy) is 3. The van der Waals surface area contributed by atoms with Crippen molar-refractivity contribution in [3.05, 3.63) is 72.9 Å². The lowest BCUT2D eigenvalue weighted by Gasteiger charge is -2.18. The highest BCUT2D eigenvalue weighted by Crippen LogP contribution is 2.17. The topological polar surface area (TPSA) is 78.9 Å². The lowest BCUT2D eigenvalue weighted by Crippen LogP contribution is -2.30. The minimum Gasteiger partial charge on any atom is -0.462 e. The van der Waals surface area contributed by atoms with Crippen molar-refractivity contribution in [1.29, 1.82) is 0 Å². The van der Waals surface area contributed by atoms with E-state index in [0.29, 0.717) is 19.3 Å². The van der Waals surface area contributed by atoms with Crippen LogP contribution in [-0.4, -0.2) is 37.2 Å². The molecule has 0 aliphatic heterocycles. The number of carbonyl (C=O) groups is 3. The standard InChI is InChI=1S/C73H130O6/c1-4-7-10-13-16-19-22-25-28-30-32-34-35-36-37-39-40-42-45-48-51-54-57-60-63-66-72(75)78-69-70(68-77-71(74)65-62-59-56-53-50-47-44-27-24-21-18-15-12-9-6-3)79-73(76)67-64-61-58-55-52-49-46-43-41-38-33-31-29-26-23-20-17-14-11-8-5-2/h7,10,16,19,25,28,31-34,36-37,70H,4-6,8-9,11-15,17-18,20-24,26-27,29-30,35,38-69H2,1-3H3/b10-7-,19-16-,28-25-,33-31-,34-32-,37-36-. The van der Waals surface area contributed by atoms with E-state index in [9.17, 15) is 14.4 Å². The molecule has 0 bridgehead atoms. The van der Waals surface area contributed by atoms with Crippen LogP contribution in [0.5, 0.6) is 0 Å². The molecular weight excluding hydrogens is 973 g/mol. The van der Waals surface area contributed by atoms with Crippen molar-refractivity contribution >= 4 is 17.9 Å². The lowest BCUT2D eigenvalue weighted by atomic mass is 10.0. The maximum atomic E-state index is 13.0. The highest BCUT2D eigenvalue weighted by atomic mass is 16.6. The summed E-state index contributed by atoms with van der Waals surface area (Å²) in [5.41, 5.74) is 0. The Morgan fingerprint density at radius 1 is 0.266 bits per heavy atom. The van der Waals surface area contributed by atoms with Crippen LogP contribution < -0.4 is 0 Å². The van der Waals surface area contributed by atoms with Crippen molar-refractivity contribution in [3.63, 3.8) is 0 Å². The number of esters is 3. The molecule has 1 unspecified atom stereocenters. The largest absolute Gasteiger partial charge is 0.462 e. The van der Waals surface area contributed by atoms with Crippen molar-refractivity contribution in [2.45, 2.75) is 361 Å². The molecule has 0 fully saturated rings. The quantitative estimate of drug-likeness (QED) is 0.0261. The van der Waals surface area contributed by atoms with E-state index in [1.54, 1.807) is 0 Å². The van der Waals surface area contributed by atoms with Gasteiger partial charge < -0.3 is 14.2 Å². The van der Waals surface area contributed by atoms with Gasteiger partial charge in [0.2, 0.25) is 0 Å². The fraction of sp³-hybridized carbons (Fsp3) is 0.795. The molecule has 0 radical (unpaired) electrons. The molecule has 6 nitrogen and oxygen atoms in total. The van der Waals surface area contributed by atoms with Crippen molar-refractivity contribution in [2.75, 3.05) is 13.2 Å². The lowest BCUT2D eigenvalue weighted by molar-refractivity contribution is -0.167. The summed E-state index contributed by atoms with van der Waals surface area (Å²) in [6.07, 6.45) is 87.7. The Morgan fingerprint density at radius 2 is 0.494 bits per heavy atom. The van der Waals surface area contributed by atoms with Crippen LogP contribution in [0.3, 0.4) is 0 Å². The van der Waals surface area contributed by atoms with E-state index >= 15 is 0 Å². The van der Waals surface area contributed by atoms with Gasteiger partial charge in [-0.15, -0.1) is 0 Å². The Bertz CT molecular complexity index is 1450. The first-order valence-corrected chi connectivity index (χ1v) is 34.4. The van der Waals surface area contributed by atoms with Gasteiger partial charge in [-0.3, -0.25) is 14.4 Å². The Morgan fingerprint density at radius 3 is 0.785 bits per heavy atom. The van der Waals surface area contributed by atoms with Gasteiger partial charge in [-0.25, -0.2) is 0 Å². The van der Waals surface area contributed by atoms with E-state index < -0.39 is 6.10 Å². The average molecular weight is 1100 g/mol. The molecule has 0 saturated carbocycles. The second kappa shape index (κ2) is 67.4. The summed E-state index contributed by atoms with van der Waals surface area (Å²) in [6, 6.07) is 0. The summed E-state index contributed by atoms with van der Waals surface area (Å²) in [6.45, 7) is 6.58. The van der Waals surface area contributed by atoms with Crippen molar-refractivity contribution in [3.8, 4) is 0 Å². The summed E-state index contributed by atoms with van der Waals surface area (Å²) < 4.78 is 17.0. The number of hydrogen-bond acceptors (Lipinski definition) is 6. The molecule has 0 amide bonds. The van der Waals surface area contributed by atoms with Gasteiger partial charge in [-0.2, -0.15) is 0 Å². The van der Waals surface area contributed by atoms with Crippen LogP contribution in [-0.2, 0) is 28.6 Å². The molecule has 6 heteroatoms. The third-order valence-corrected chi connectivity index (χ3v) is 15.2. The number of unbranched alkanes of at least 4 members (excludes halogenated alkanes) is 40. The first-order chi connectivity index (χ1) is 39.0. The molecule has 0 heterocycles. The molecule has 0 aromatic heterocycles. The highest BCUT2D eigenvalue weighted by Gasteiger charge is 2.19. The van der Waals surface area contributed by atoms with E-state index in [-0.39, 0.29) is 31.1 Å². The van der Waals surface area contributed by atoms with E-state index in [4.69, 9.17) is 14.2 Å². The van der Waals surface area contributed by atoms with E-state index in [2.05, 4.69) is 93.7 Å². The van der Waals surface area contributed by atoms with E-state index in [1.165, 1.54) is 218 Å². The third kappa shape index (κ3) is 65.5. The number of rotatable bonds is 63. The predicted molar refractivity (Wildman–Crippen MR) is 344 cm³/mol. The van der Waals surface area contributed by atoms with Crippen molar-refractivity contribution in [2.24, 2.45) is 0 Å². The SMILES string of the molecule is CC/C=C\C/C=C\C/C=C\C/C=C\C/C=C\CCCCCCCCCCCC(=O)OCC(COC(=O)CCCCCCCCCCCCCCCCC)OC(=O)CCCCCCCCCCC/C=C\CCCCCCCCCC. The van der Waals surface area contributed by atoms with Gasteiger partial charge in [0.25, 0.3) is 0 Å². The number of hydrogen-bond donors (Lipinski definition) is 0. The van der Waals surface area contributed by atoms with Gasteiger partial charge in [0, 0.05) is 19.3 Å². The van der Waals surface area contributed by atoms with Gasteiger partial charge in [0.05, 0.1) is 0 Å². The van der Waals surface area contributed by atoms with Crippen LogP contribution in [0.1, 0.15) is 355 Å². The second-order valence-electron chi connectivity index (χ2n) is 23.1. The maximum absolute atomic E-state index is 13.0. The second-order valence-corrected chi connectivity index (χ2v) is 23.1. The molecule has 0 aromatic carbocycles. The highest BCUT2D eigenvalue weighted by molar-refractivity contribution is 5.71. The molecule has 1 atom stereocenters. The van der Waals surface area contributed by atoms with E-state index in [1.807, 2.05) is 0 Å². The average Bonchev–Trinajstić information content (AvgIpc) is 3.45. The van der Waals surface area contributed by atoms with Gasteiger partial charge in [-0.1, -0.05) is 318 Å². The Kier molecular flexibility index (Phi) is 64.7. The van der Waals surface area contributed by atoms with Gasteiger partial charge in [0.1, 0.15) is 13.2 Å². The van der Waals surface area contributed by atoms with Crippen LogP contribution in [0.4, 0.5) is 0 Å². The Balaban J connectivity index is 4.33. The molecule has 0 N–H and O–H groups in total. The minimum absolute atomic E-state index is 0.0738. The Hall–Kier alpha value is -3.15. The molecular formula is C73H130O6. The summed E-state index contributed by atoms with van der Waals surface area (Å²) in [5, 5.41) is 0. The summed E-state index contributed by atoms with van der Waals surface area (Å²) in [7, 11) is 0. The molecule has 0 aromatic rings. The monoisotopic (exact) mass is 1100 g/mol. The van der Waals surface area contributed by atoms with Crippen LogP contribution in [0.2, 0.25) is 0 Å². The predicted octanol–water partition coefficient (Wildman–Crippen LogP) is 23.7. The fourth-order valence-corrected chi connectivity index (χ4v) is 10.1. The zero-order valence-electron chi connectivity index (χ0n) is 52.6. The van der Waals surface area contributed by atoms with Gasteiger partial charge in [-0.05, 0) is 89.9 Å². The summed E-state index contributed by atoms with van der Waals surface area (Å²) >= 11 is 0. The molecule has 0 aliphatic carbocycles. The molecule has 0 spiro atoms.